The van der Waals surface area contributed by atoms with E-state index in [0.29, 0.717) is 22.0 Å². The molecule has 0 N–H and O–H groups in total. The third kappa shape index (κ3) is 2.81. The topological polar surface area (TPSA) is 43.1 Å². The van der Waals surface area contributed by atoms with Crippen LogP contribution in [0.1, 0.15) is 11.1 Å². The van der Waals surface area contributed by atoms with Gasteiger partial charge in [-0.15, -0.1) is 0 Å². The van der Waals surface area contributed by atoms with Gasteiger partial charge in [0.15, 0.2) is 0 Å². The molecule has 0 saturated heterocycles. The molecule has 0 saturated carbocycles. The average molecular weight is 282 g/mol. The Bertz CT molecular complexity index is 562. The number of nitrogens with zero attached hydrogens (tertiary/aromatic N) is 1. The quantitative estimate of drug-likeness (QED) is 0.614. The molecule has 0 spiro atoms. The summed E-state index contributed by atoms with van der Waals surface area (Å²) >= 11 is 12.1. The summed E-state index contributed by atoms with van der Waals surface area (Å²) in [5.74, 6) is 0. The second kappa shape index (κ2) is 5.38. The van der Waals surface area contributed by atoms with E-state index in [2.05, 4.69) is 0 Å². The van der Waals surface area contributed by atoms with Gasteiger partial charge in [0.25, 0.3) is 5.69 Å². The van der Waals surface area contributed by atoms with Crippen LogP contribution in [0.3, 0.4) is 0 Å². The van der Waals surface area contributed by atoms with Crippen molar-refractivity contribution in [2.45, 2.75) is 6.42 Å². The Labute approximate surface area is 114 Å². The van der Waals surface area contributed by atoms with Gasteiger partial charge in [-0.25, -0.2) is 0 Å². The molecule has 0 aliphatic carbocycles. The zero-order valence-electron chi connectivity index (χ0n) is 9.27. The molecule has 2 aromatic carbocycles. The van der Waals surface area contributed by atoms with Gasteiger partial charge >= 0.3 is 0 Å². The molecular weight excluding hydrogens is 273 g/mol. The van der Waals surface area contributed by atoms with Crippen LogP contribution in [-0.4, -0.2) is 4.92 Å². The Balaban J connectivity index is 2.37. The van der Waals surface area contributed by atoms with E-state index in [1.54, 1.807) is 0 Å². The number of rotatable bonds is 3. The molecule has 0 aromatic heterocycles. The van der Waals surface area contributed by atoms with E-state index in [1.165, 1.54) is 12.1 Å². The lowest BCUT2D eigenvalue weighted by molar-refractivity contribution is -0.384. The predicted octanol–water partition coefficient (Wildman–Crippen LogP) is 4.49. The summed E-state index contributed by atoms with van der Waals surface area (Å²) in [6.45, 7) is 0. The van der Waals surface area contributed by atoms with Crippen LogP contribution < -0.4 is 0 Å². The maximum atomic E-state index is 10.7. The van der Waals surface area contributed by atoms with Crippen LogP contribution in [0, 0.1) is 10.1 Å². The molecular formula is C13H9Cl2NO2. The molecule has 0 aliphatic rings. The SMILES string of the molecule is O=[N+]([O-])c1cc(Cl)c(Cc2ccccc2)c(Cl)c1. The van der Waals surface area contributed by atoms with Gasteiger partial charge in [0, 0.05) is 18.6 Å². The van der Waals surface area contributed by atoms with Crippen molar-refractivity contribution in [2.24, 2.45) is 0 Å². The van der Waals surface area contributed by atoms with Gasteiger partial charge in [-0.1, -0.05) is 53.5 Å². The first-order chi connectivity index (χ1) is 8.58. The molecule has 0 amide bonds. The highest BCUT2D eigenvalue weighted by atomic mass is 35.5. The number of nitro benzene ring substituents is 1. The fourth-order valence-corrected chi connectivity index (χ4v) is 2.27. The molecule has 0 aliphatic heterocycles. The number of benzene rings is 2. The Hall–Kier alpha value is -1.58. The third-order valence-electron chi connectivity index (χ3n) is 2.56. The first-order valence-corrected chi connectivity index (χ1v) is 6.00. The maximum absolute atomic E-state index is 10.7. The summed E-state index contributed by atoms with van der Waals surface area (Å²) in [4.78, 5) is 10.2. The fraction of sp³-hybridized carbons (Fsp3) is 0.0769. The Kier molecular flexibility index (Phi) is 3.84. The molecule has 5 heteroatoms. The van der Waals surface area contributed by atoms with Crippen LogP contribution in [0.25, 0.3) is 0 Å². The average Bonchev–Trinajstić information content (AvgIpc) is 2.34. The van der Waals surface area contributed by atoms with Crippen LogP contribution in [0.2, 0.25) is 10.0 Å². The molecule has 0 unspecified atom stereocenters. The Morgan fingerprint density at radius 2 is 1.61 bits per heavy atom. The van der Waals surface area contributed by atoms with Crippen molar-refractivity contribution in [3.05, 3.63) is 73.8 Å². The fourth-order valence-electron chi connectivity index (χ4n) is 1.66. The number of hydrogen-bond donors (Lipinski definition) is 0. The summed E-state index contributed by atoms with van der Waals surface area (Å²) in [5.41, 5.74) is 1.66. The van der Waals surface area contributed by atoms with Gasteiger partial charge < -0.3 is 0 Å². The van der Waals surface area contributed by atoms with Crippen LogP contribution in [-0.2, 0) is 6.42 Å². The highest BCUT2D eigenvalue weighted by Crippen LogP contribution is 2.31. The van der Waals surface area contributed by atoms with Crippen molar-refractivity contribution in [3.63, 3.8) is 0 Å². The monoisotopic (exact) mass is 281 g/mol. The maximum Gasteiger partial charge on any atom is 0.272 e. The van der Waals surface area contributed by atoms with Crippen molar-refractivity contribution in [2.75, 3.05) is 0 Å². The molecule has 2 rings (SSSR count). The Morgan fingerprint density at radius 3 is 2.11 bits per heavy atom. The van der Waals surface area contributed by atoms with E-state index in [0.717, 1.165) is 5.56 Å². The Morgan fingerprint density at radius 1 is 1.06 bits per heavy atom. The summed E-state index contributed by atoms with van der Waals surface area (Å²) in [6, 6.07) is 12.3. The molecule has 0 heterocycles. The number of hydrogen-bond acceptors (Lipinski definition) is 2. The molecule has 0 fully saturated rings. The minimum absolute atomic E-state index is 0.0955. The molecule has 0 radical (unpaired) electrons. The highest BCUT2D eigenvalue weighted by molar-refractivity contribution is 6.36. The standard InChI is InChI=1S/C13H9Cl2NO2/c14-12-7-10(16(17)18)8-13(15)11(12)6-9-4-2-1-3-5-9/h1-5,7-8H,6H2. The second-order valence-electron chi connectivity index (χ2n) is 3.81. The second-order valence-corrected chi connectivity index (χ2v) is 4.62. The van der Waals surface area contributed by atoms with Crippen LogP contribution >= 0.6 is 23.2 Å². The molecule has 3 nitrogen and oxygen atoms in total. The number of halogens is 2. The molecule has 2 aromatic rings. The van der Waals surface area contributed by atoms with E-state index < -0.39 is 4.92 Å². The van der Waals surface area contributed by atoms with E-state index in [-0.39, 0.29) is 5.69 Å². The van der Waals surface area contributed by atoms with Gasteiger partial charge in [-0.05, 0) is 11.1 Å². The molecule has 18 heavy (non-hydrogen) atoms. The van der Waals surface area contributed by atoms with E-state index in [4.69, 9.17) is 23.2 Å². The van der Waals surface area contributed by atoms with Gasteiger partial charge in [-0.3, -0.25) is 10.1 Å². The van der Waals surface area contributed by atoms with Crippen molar-refractivity contribution in [1.82, 2.24) is 0 Å². The smallest absolute Gasteiger partial charge is 0.258 e. The lowest BCUT2D eigenvalue weighted by atomic mass is 10.0. The van der Waals surface area contributed by atoms with Crippen molar-refractivity contribution >= 4 is 28.9 Å². The lowest BCUT2D eigenvalue weighted by Crippen LogP contribution is -1.94. The molecule has 92 valence electrons. The van der Waals surface area contributed by atoms with Crippen LogP contribution in [0.15, 0.2) is 42.5 Å². The zero-order chi connectivity index (χ0) is 13.1. The number of non-ortho nitro benzene ring substituents is 1. The minimum Gasteiger partial charge on any atom is -0.258 e. The van der Waals surface area contributed by atoms with Gasteiger partial charge in [0.05, 0.1) is 15.0 Å². The first kappa shape index (κ1) is 12.9. The van der Waals surface area contributed by atoms with Crippen molar-refractivity contribution in [1.29, 1.82) is 0 Å². The van der Waals surface area contributed by atoms with Gasteiger partial charge in [0.2, 0.25) is 0 Å². The number of nitro groups is 1. The molecule has 0 atom stereocenters. The minimum atomic E-state index is -0.510. The normalized spacial score (nSPS) is 10.3. The predicted molar refractivity (Wildman–Crippen MR) is 72.4 cm³/mol. The van der Waals surface area contributed by atoms with E-state index in [9.17, 15) is 10.1 Å². The zero-order valence-corrected chi connectivity index (χ0v) is 10.8. The molecule has 0 bridgehead atoms. The van der Waals surface area contributed by atoms with E-state index in [1.807, 2.05) is 30.3 Å². The van der Waals surface area contributed by atoms with Crippen molar-refractivity contribution in [3.8, 4) is 0 Å². The van der Waals surface area contributed by atoms with Gasteiger partial charge in [-0.2, -0.15) is 0 Å². The summed E-state index contributed by atoms with van der Waals surface area (Å²) in [5, 5.41) is 11.3. The van der Waals surface area contributed by atoms with Crippen LogP contribution in [0.5, 0.6) is 0 Å². The summed E-state index contributed by atoms with van der Waals surface area (Å²) in [6.07, 6.45) is 0.552. The van der Waals surface area contributed by atoms with E-state index >= 15 is 0 Å². The summed E-state index contributed by atoms with van der Waals surface area (Å²) < 4.78 is 0. The first-order valence-electron chi connectivity index (χ1n) is 5.24. The summed E-state index contributed by atoms with van der Waals surface area (Å²) in [7, 11) is 0. The largest absolute Gasteiger partial charge is 0.272 e. The van der Waals surface area contributed by atoms with Crippen molar-refractivity contribution < 1.29 is 4.92 Å². The third-order valence-corrected chi connectivity index (χ3v) is 3.23. The van der Waals surface area contributed by atoms with Crippen LogP contribution in [0.4, 0.5) is 5.69 Å². The van der Waals surface area contributed by atoms with Gasteiger partial charge in [0.1, 0.15) is 0 Å². The lowest BCUT2D eigenvalue weighted by Gasteiger charge is -2.07. The highest BCUT2D eigenvalue weighted by Gasteiger charge is 2.14.